The van der Waals surface area contributed by atoms with Gasteiger partial charge in [0.25, 0.3) is 0 Å². The molecule has 0 saturated heterocycles. The average molecular weight is 229 g/mol. The first kappa shape index (κ1) is 7.06. The van der Waals surface area contributed by atoms with E-state index in [1.54, 1.807) is 0 Å². The zero-order valence-corrected chi connectivity index (χ0v) is 7.83. The van der Waals surface area contributed by atoms with Crippen LogP contribution in [0.3, 0.4) is 0 Å². The molecule has 46 valence electrons. The molecule has 0 aliphatic carbocycles. The summed E-state index contributed by atoms with van der Waals surface area (Å²) in [6.45, 7) is 0. The first-order valence-electron chi connectivity index (χ1n) is 2.78. The van der Waals surface area contributed by atoms with Crippen LogP contribution in [-0.2, 0) is 0 Å². The minimum atomic E-state index is -0.816. The maximum absolute atomic E-state index is 11.8. The molecule has 9 heavy (non-hydrogen) atoms. The van der Waals surface area contributed by atoms with E-state index in [0.29, 0.717) is 0 Å². The molecule has 0 N–H and O–H groups in total. The van der Waals surface area contributed by atoms with Crippen LogP contribution in [0, 0.1) is 0 Å². The number of halogens is 1. The van der Waals surface area contributed by atoms with Crippen LogP contribution in [0.15, 0.2) is 30.3 Å². The van der Waals surface area contributed by atoms with Crippen LogP contribution in [0.5, 0.6) is 0 Å². The molecule has 0 saturated carbocycles. The van der Waals surface area contributed by atoms with Gasteiger partial charge in [-0.25, -0.2) is 0 Å². The monoisotopic (exact) mass is 230 g/mol. The summed E-state index contributed by atoms with van der Waals surface area (Å²) in [5.74, 6) is 0. The van der Waals surface area contributed by atoms with Crippen LogP contribution in [-0.4, -0.2) is 25.8 Å². The summed E-state index contributed by atoms with van der Waals surface area (Å²) in [4.78, 5) is 0. The third kappa shape index (κ3) is 2.35. The molecule has 1 aromatic rings. The summed E-state index contributed by atoms with van der Waals surface area (Å²) in [7, 11) is 0. The molecule has 0 aliphatic heterocycles. The molecule has 0 heterocycles. The van der Waals surface area contributed by atoms with Crippen LogP contribution >= 0.6 is 0 Å². The Labute approximate surface area is 64.3 Å². The van der Waals surface area contributed by atoms with Crippen molar-refractivity contribution in [2.24, 2.45) is 0 Å². The molecule has 2 heteroatoms. The molecule has 2 radical (unpaired) electrons. The van der Waals surface area contributed by atoms with Gasteiger partial charge in [0.2, 0.25) is 0 Å². The van der Waals surface area contributed by atoms with E-state index in [4.69, 9.17) is 0 Å². The van der Waals surface area contributed by atoms with Gasteiger partial charge in [0.1, 0.15) is 0 Å². The van der Waals surface area contributed by atoms with E-state index in [0.717, 1.165) is 0 Å². The van der Waals surface area contributed by atoms with Gasteiger partial charge in [0.15, 0.2) is 0 Å². The van der Waals surface area contributed by atoms with Crippen LogP contribution in [0.2, 0.25) is 0 Å². The van der Waals surface area contributed by atoms with E-state index >= 15 is 0 Å². The molecule has 0 bridgehead atoms. The number of benzene rings is 1. The maximum atomic E-state index is 11.8. The summed E-state index contributed by atoms with van der Waals surface area (Å²) >= 11 is -0.816. The van der Waals surface area contributed by atoms with E-state index in [1.807, 2.05) is 30.3 Å². The van der Waals surface area contributed by atoms with Gasteiger partial charge in [-0.15, -0.1) is 0 Å². The van der Waals surface area contributed by atoms with Gasteiger partial charge in [0, 0.05) is 0 Å². The van der Waals surface area contributed by atoms with Crippen LogP contribution < -0.4 is 3.58 Å². The molecular formula is C7H7FSn. The Balaban J connectivity index is 2.61. The van der Waals surface area contributed by atoms with Crippen molar-refractivity contribution in [2.75, 3.05) is 4.69 Å². The Hall–Kier alpha value is -0.0513. The fourth-order valence-corrected chi connectivity index (χ4v) is 2.30. The molecule has 0 aliphatic rings. The average Bonchev–Trinajstić information content (AvgIpc) is 1.91. The van der Waals surface area contributed by atoms with Crippen molar-refractivity contribution in [3.8, 4) is 0 Å². The molecule has 1 aromatic carbocycles. The van der Waals surface area contributed by atoms with Crippen LogP contribution in [0.1, 0.15) is 0 Å². The predicted octanol–water partition coefficient (Wildman–Crippen LogP) is 0.943. The SMILES string of the molecule is F[CH2][Sn][c]1ccccc1. The van der Waals surface area contributed by atoms with Gasteiger partial charge in [0.05, 0.1) is 0 Å². The van der Waals surface area contributed by atoms with E-state index in [-0.39, 0.29) is 4.69 Å². The van der Waals surface area contributed by atoms with Crippen molar-refractivity contribution in [1.29, 1.82) is 0 Å². The normalized spacial score (nSPS) is 9.44. The number of alkyl halides is 1. The summed E-state index contributed by atoms with van der Waals surface area (Å²) in [5.41, 5.74) is 0. The topological polar surface area (TPSA) is 0 Å². The Bertz CT molecular complexity index is 162. The molecule has 0 aromatic heterocycles. The molecule has 0 spiro atoms. The molecule has 0 atom stereocenters. The zero-order chi connectivity index (χ0) is 6.53. The molecule has 0 amide bonds. The third-order valence-corrected chi connectivity index (χ3v) is 3.54. The van der Waals surface area contributed by atoms with Gasteiger partial charge in [-0.2, -0.15) is 0 Å². The fraction of sp³-hybridized carbons (Fsp3) is 0.143. The quantitative estimate of drug-likeness (QED) is 0.662. The molecule has 0 unspecified atom stereocenters. The second-order valence-electron chi connectivity index (χ2n) is 1.68. The minimum absolute atomic E-state index is 0.0899. The molecular weight excluding hydrogens is 222 g/mol. The van der Waals surface area contributed by atoms with E-state index < -0.39 is 21.1 Å². The van der Waals surface area contributed by atoms with Gasteiger partial charge in [-0.1, -0.05) is 0 Å². The zero-order valence-electron chi connectivity index (χ0n) is 4.97. The third-order valence-electron chi connectivity index (χ3n) is 1.04. The van der Waals surface area contributed by atoms with Crippen molar-refractivity contribution in [2.45, 2.75) is 0 Å². The first-order valence-corrected chi connectivity index (χ1v) is 6.23. The predicted molar refractivity (Wildman–Crippen MR) is 37.8 cm³/mol. The van der Waals surface area contributed by atoms with E-state index in [9.17, 15) is 4.39 Å². The molecule has 0 nitrogen and oxygen atoms in total. The second kappa shape index (κ2) is 3.88. The van der Waals surface area contributed by atoms with Crippen LogP contribution in [0.4, 0.5) is 4.39 Å². The summed E-state index contributed by atoms with van der Waals surface area (Å²) in [6, 6.07) is 9.90. The van der Waals surface area contributed by atoms with Gasteiger partial charge < -0.3 is 0 Å². The van der Waals surface area contributed by atoms with Crippen molar-refractivity contribution >= 4 is 24.7 Å². The molecule has 1 rings (SSSR count). The number of rotatable bonds is 2. The Morgan fingerprint density at radius 1 is 1.22 bits per heavy atom. The van der Waals surface area contributed by atoms with Gasteiger partial charge in [-0.05, 0) is 0 Å². The van der Waals surface area contributed by atoms with Crippen molar-refractivity contribution in [1.82, 2.24) is 0 Å². The van der Waals surface area contributed by atoms with Crippen molar-refractivity contribution < 1.29 is 4.39 Å². The number of hydrogen-bond donors (Lipinski definition) is 0. The first-order chi connectivity index (χ1) is 4.43. The van der Waals surface area contributed by atoms with Gasteiger partial charge in [-0.3, -0.25) is 0 Å². The second-order valence-corrected chi connectivity index (χ2v) is 5.10. The standard InChI is InChI=1S/C6H5.CH2F.Sn/c1-2-4-6-5-3-1;1-2;/h1-5H;1H2;. The number of hydrogen-bond acceptors (Lipinski definition) is 0. The Morgan fingerprint density at radius 3 is 2.44 bits per heavy atom. The summed E-state index contributed by atoms with van der Waals surface area (Å²) in [6.07, 6.45) is 0. The van der Waals surface area contributed by atoms with Crippen molar-refractivity contribution in [3.05, 3.63) is 30.3 Å². The summed E-state index contributed by atoms with van der Waals surface area (Å²) in [5, 5.41) is 0. The van der Waals surface area contributed by atoms with Gasteiger partial charge >= 0.3 is 64.1 Å². The Kier molecular flexibility index (Phi) is 3.04. The van der Waals surface area contributed by atoms with Crippen LogP contribution in [0.25, 0.3) is 0 Å². The fourth-order valence-electron chi connectivity index (χ4n) is 0.633. The summed E-state index contributed by atoms with van der Waals surface area (Å²) < 4.78 is 12.9. The van der Waals surface area contributed by atoms with E-state index in [1.165, 1.54) is 3.58 Å². The van der Waals surface area contributed by atoms with E-state index in [2.05, 4.69) is 0 Å². The van der Waals surface area contributed by atoms with Crippen molar-refractivity contribution in [3.63, 3.8) is 0 Å². The molecule has 0 fully saturated rings. The Morgan fingerprint density at radius 2 is 1.89 bits per heavy atom.